The summed E-state index contributed by atoms with van der Waals surface area (Å²) in [6, 6.07) is 3.35. The molecule has 0 saturated carbocycles. The third-order valence-corrected chi connectivity index (χ3v) is 2.45. The second-order valence-electron chi connectivity index (χ2n) is 4.11. The van der Waals surface area contributed by atoms with Gasteiger partial charge in [0, 0.05) is 26.2 Å². The lowest BCUT2D eigenvalue weighted by Crippen LogP contribution is -2.41. The summed E-state index contributed by atoms with van der Waals surface area (Å²) in [7, 11) is 3.33. The van der Waals surface area contributed by atoms with Crippen molar-refractivity contribution in [1.29, 1.82) is 0 Å². The number of aromatic hydroxyl groups is 1. The lowest BCUT2D eigenvalue weighted by atomic mass is 10.2. The van der Waals surface area contributed by atoms with Crippen LogP contribution in [0.25, 0.3) is 0 Å². The molecule has 2 N–H and O–H groups in total. The lowest BCUT2D eigenvalue weighted by Gasteiger charge is -2.18. The number of carbonyl (C=O) groups excluding carboxylic acids is 1. The van der Waals surface area contributed by atoms with E-state index >= 15 is 0 Å². The second kappa shape index (κ2) is 5.63. The first-order chi connectivity index (χ1) is 7.91. The normalized spacial score (nSPS) is 12.2. The fourth-order valence-electron chi connectivity index (χ4n) is 1.43. The standard InChI is InChI=1S/C12H17FN2O2/c1-8(12(17)15(2)3)14-7-9-6-10(13)4-5-11(9)16/h4-6,8,14,16H,7H2,1-3H3. The molecule has 0 heterocycles. The number of amides is 1. The van der Waals surface area contributed by atoms with Crippen LogP contribution in [0.4, 0.5) is 4.39 Å². The number of likely N-dealkylation sites (N-methyl/N-ethyl adjacent to an activating group) is 1. The number of rotatable bonds is 4. The summed E-state index contributed by atoms with van der Waals surface area (Å²) in [4.78, 5) is 13.0. The van der Waals surface area contributed by atoms with Crippen molar-refractivity contribution in [2.24, 2.45) is 0 Å². The summed E-state index contributed by atoms with van der Waals surface area (Å²) >= 11 is 0. The van der Waals surface area contributed by atoms with E-state index in [0.29, 0.717) is 5.56 Å². The monoisotopic (exact) mass is 240 g/mol. The average Bonchev–Trinajstić information content (AvgIpc) is 2.28. The molecule has 0 aromatic heterocycles. The molecule has 4 nitrogen and oxygen atoms in total. The number of benzene rings is 1. The van der Waals surface area contributed by atoms with Crippen LogP contribution in [-0.2, 0) is 11.3 Å². The van der Waals surface area contributed by atoms with E-state index in [4.69, 9.17) is 0 Å². The van der Waals surface area contributed by atoms with Crippen LogP contribution < -0.4 is 5.32 Å². The molecule has 0 spiro atoms. The maximum atomic E-state index is 12.9. The molecule has 1 amide bonds. The number of phenols is 1. The Morgan fingerprint density at radius 2 is 2.18 bits per heavy atom. The van der Waals surface area contributed by atoms with E-state index in [9.17, 15) is 14.3 Å². The lowest BCUT2D eigenvalue weighted by molar-refractivity contribution is -0.130. The van der Waals surface area contributed by atoms with Crippen LogP contribution >= 0.6 is 0 Å². The van der Waals surface area contributed by atoms with Gasteiger partial charge in [-0.25, -0.2) is 4.39 Å². The highest BCUT2D eigenvalue weighted by molar-refractivity contribution is 5.80. The van der Waals surface area contributed by atoms with Crippen LogP contribution in [0.3, 0.4) is 0 Å². The minimum atomic E-state index is -0.411. The van der Waals surface area contributed by atoms with Crippen molar-refractivity contribution in [3.8, 4) is 5.75 Å². The number of hydrogen-bond donors (Lipinski definition) is 2. The zero-order valence-corrected chi connectivity index (χ0v) is 10.2. The van der Waals surface area contributed by atoms with Crippen molar-refractivity contribution >= 4 is 5.91 Å². The summed E-state index contributed by atoms with van der Waals surface area (Å²) in [6.07, 6.45) is 0. The molecule has 0 aliphatic heterocycles. The zero-order valence-electron chi connectivity index (χ0n) is 10.2. The fourth-order valence-corrected chi connectivity index (χ4v) is 1.43. The Hall–Kier alpha value is -1.62. The molecule has 1 rings (SSSR count). The topological polar surface area (TPSA) is 52.6 Å². The number of nitrogens with zero attached hydrogens (tertiary/aromatic N) is 1. The molecule has 17 heavy (non-hydrogen) atoms. The minimum Gasteiger partial charge on any atom is -0.508 e. The summed E-state index contributed by atoms with van der Waals surface area (Å²) in [6.45, 7) is 1.96. The maximum absolute atomic E-state index is 12.9. The summed E-state index contributed by atoms with van der Waals surface area (Å²) < 4.78 is 12.9. The second-order valence-corrected chi connectivity index (χ2v) is 4.11. The van der Waals surface area contributed by atoms with E-state index in [-0.39, 0.29) is 24.2 Å². The Kier molecular flexibility index (Phi) is 4.45. The van der Waals surface area contributed by atoms with E-state index < -0.39 is 5.82 Å². The summed E-state index contributed by atoms with van der Waals surface area (Å²) in [5, 5.41) is 12.4. The molecule has 0 bridgehead atoms. The molecule has 0 fully saturated rings. The molecular formula is C12H17FN2O2. The molecule has 0 aliphatic carbocycles. The van der Waals surface area contributed by atoms with E-state index in [1.807, 2.05) is 0 Å². The van der Waals surface area contributed by atoms with Crippen LogP contribution in [0.2, 0.25) is 0 Å². The van der Waals surface area contributed by atoms with E-state index in [1.54, 1.807) is 21.0 Å². The van der Waals surface area contributed by atoms with Crippen LogP contribution in [0.1, 0.15) is 12.5 Å². The van der Waals surface area contributed by atoms with Gasteiger partial charge in [-0.05, 0) is 25.1 Å². The van der Waals surface area contributed by atoms with Gasteiger partial charge in [-0.2, -0.15) is 0 Å². The van der Waals surface area contributed by atoms with E-state index in [1.165, 1.54) is 23.1 Å². The highest BCUT2D eigenvalue weighted by atomic mass is 19.1. The fraction of sp³-hybridized carbons (Fsp3) is 0.417. The first-order valence-corrected chi connectivity index (χ1v) is 5.33. The molecule has 0 aliphatic rings. The third-order valence-electron chi connectivity index (χ3n) is 2.45. The molecule has 94 valence electrons. The smallest absolute Gasteiger partial charge is 0.238 e. The van der Waals surface area contributed by atoms with Crippen molar-refractivity contribution < 1.29 is 14.3 Å². The van der Waals surface area contributed by atoms with Gasteiger partial charge in [0.1, 0.15) is 11.6 Å². The van der Waals surface area contributed by atoms with Crippen LogP contribution in [0.15, 0.2) is 18.2 Å². The van der Waals surface area contributed by atoms with E-state index in [2.05, 4.69) is 5.32 Å². The SMILES string of the molecule is CC(NCc1cc(F)ccc1O)C(=O)N(C)C. The first-order valence-electron chi connectivity index (χ1n) is 5.33. The Morgan fingerprint density at radius 3 is 2.76 bits per heavy atom. The Morgan fingerprint density at radius 1 is 1.53 bits per heavy atom. The molecular weight excluding hydrogens is 223 g/mol. The molecule has 1 aromatic rings. The van der Waals surface area contributed by atoms with Crippen molar-refractivity contribution in [2.75, 3.05) is 14.1 Å². The van der Waals surface area contributed by atoms with Gasteiger partial charge < -0.3 is 15.3 Å². The highest BCUT2D eigenvalue weighted by Gasteiger charge is 2.14. The van der Waals surface area contributed by atoms with Gasteiger partial charge >= 0.3 is 0 Å². The molecule has 5 heteroatoms. The highest BCUT2D eigenvalue weighted by Crippen LogP contribution is 2.17. The van der Waals surface area contributed by atoms with Crippen molar-refractivity contribution in [1.82, 2.24) is 10.2 Å². The maximum Gasteiger partial charge on any atom is 0.238 e. The Balaban J connectivity index is 2.61. The van der Waals surface area contributed by atoms with Crippen LogP contribution in [0.5, 0.6) is 5.75 Å². The molecule has 1 unspecified atom stereocenters. The van der Waals surface area contributed by atoms with Gasteiger partial charge in [-0.3, -0.25) is 4.79 Å². The van der Waals surface area contributed by atoms with Gasteiger partial charge in [0.15, 0.2) is 0 Å². The summed E-state index contributed by atoms with van der Waals surface area (Å²) in [5.41, 5.74) is 0.434. The number of phenolic OH excluding ortho intramolecular Hbond substituents is 1. The van der Waals surface area contributed by atoms with Gasteiger partial charge in [-0.15, -0.1) is 0 Å². The van der Waals surface area contributed by atoms with Crippen molar-refractivity contribution in [3.05, 3.63) is 29.6 Å². The molecule has 1 atom stereocenters. The average molecular weight is 240 g/mol. The molecule has 0 radical (unpaired) electrons. The molecule has 1 aromatic carbocycles. The molecule has 0 saturated heterocycles. The Labute approximate surface area is 100 Å². The largest absolute Gasteiger partial charge is 0.508 e. The van der Waals surface area contributed by atoms with Gasteiger partial charge in [0.2, 0.25) is 5.91 Å². The van der Waals surface area contributed by atoms with Crippen molar-refractivity contribution in [2.45, 2.75) is 19.5 Å². The zero-order chi connectivity index (χ0) is 13.0. The predicted octanol–water partition coefficient (Wildman–Crippen LogP) is 1.10. The van der Waals surface area contributed by atoms with Crippen LogP contribution in [-0.4, -0.2) is 36.1 Å². The third kappa shape index (κ3) is 3.71. The van der Waals surface area contributed by atoms with Crippen molar-refractivity contribution in [3.63, 3.8) is 0 Å². The predicted molar refractivity (Wildman–Crippen MR) is 63.1 cm³/mol. The number of nitrogens with one attached hydrogen (secondary N) is 1. The summed E-state index contributed by atoms with van der Waals surface area (Å²) in [5.74, 6) is -0.463. The first kappa shape index (κ1) is 13.4. The van der Waals surface area contributed by atoms with Gasteiger partial charge in [-0.1, -0.05) is 0 Å². The quantitative estimate of drug-likeness (QED) is 0.828. The van der Waals surface area contributed by atoms with Gasteiger partial charge in [0.05, 0.1) is 6.04 Å². The number of halogens is 1. The minimum absolute atomic E-state index is 0.0170. The van der Waals surface area contributed by atoms with Gasteiger partial charge in [0.25, 0.3) is 0 Å². The van der Waals surface area contributed by atoms with Crippen LogP contribution in [0, 0.1) is 5.82 Å². The van der Waals surface area contributed by atoms with E-state index in [0.717, 1.165) is 0 Å². The number of carbonyl (C=O) groups is 1. The number of hydrogen-bond acceptors (Lipinski definition) is 3. The Bertz CT molecular complexity index is 407.